The fourth-order valence-electron chi connectivity index (χ4n) is 1.19. The first-order valence-electron chi connectivity index (χ1n) is 3.35. The Hall–Kier alpha value is -1.79. The van der Waals surface area contributed by atoms with Gasteiger partial charge in [0, 0.05) is 0 Å². The maximum atomic E-state index is 11.0. The number of imide groups is 1. The molecular formula is C5H6N4O3. The molecule has 5 amide bonds. The first kappa shape index (κ1) is 6.89. The molecule has 0 aromatic rings. The molecule has 0 spiro atoms. The highest BCUT2D eigenvalue weighted by molar-refractivity contribution is 6.03. The molecule has 2 fully saturated rings. The number of fused-ring (bicyclic) bond motifs is 1. The third-order valence-corrected chi connectivity index (χ3v) is 1.71. The molecule has 12 heavy (non-hydrogen) atoms. The van der Waals surface area contributed by atoms with Crippen LogP contribution in [0.25, 0.3) is 0 Å². The van der Waals surface area contributed by atoms with Crippen LogP contribution in [0.2, 0.25) is 0 Å². The fraction of sp³-hybridized carbons (Fsp3) is 0.400. The van der Waals surface area contributed by atoms with Crippen LogP contribution < -0.4 is 21.3 Å². The maximum absolute atomic E-state index is 11.0. The highest BCUT2D eigenvalue weighted by Gasteiger charge is 2.41. The highest BCUT2D eigenvalue weighted by atomic mass is 16.2. The molecule has 2 aliphatic heterocycles. The van der Waals surface area contributed by atoms with Crippen molar-refractivity contribution in [3.63, 3.8) is 0 Å². The summed E-state index contributed by atoms with van der Waals surface area (Å²) < 4.78 is 0. The largest absolute Gasteiger partial charge is 0.323 e. The van der Waals surface area contributed by atoms with Gasteiger partial charge in [-0.25, -0.2) is 9.59 Å². The van der Waals surface area contributed by atoms with E-state index in [0.29, 0.717) is 0 Å². The van der Waals surface area contributed by atoms with Crippen LogP contribution >= 0.6 is 0 Å². The third kappa shape index (κ3) is 0.865. The van der Waals surface area contributed by atoms with Gasteiger partial charge in [-0.2, -0.15) is 0 Å². The fourth-order valence-corrected chi connectivity index (χ4v) is 1.19. The second-order valence-electron chi connectivity index (χ2n) is 2.54. The molecule has 2 aliphatic rings. The summed E-state index contributed by atoms with van der Waals surface area (Å²) >= 11 is 0. The van der Waals surface area contributed by atoms with Crippen molar-refractivity contribution in [2.75, 3.05) is 0 Å². The Morgan fingerprint density at radius 2 is 1.58 bits per heavy atom. The smallest absolute Gasteiger partial charge is 0.323 e. The van der Waals surface area contributed by atoms with Gasteiger partial charge in [0.15, 0.2) is 0 Å². The lowest BCUT2D eigenvalue weighted by molar-refractivity contribution is -0.122. The van der Waals surface area contributed by atoms with Gasteiger partial charge in [-0.3, -0.25) is 10.1 Å². The van der Waals surface area contributed by atoms with Gasteiger partial charge in [0.25, 0.3) is 5.91 Å². The van der Waals surface area contributed by atoms with E-state index in [-0.39, 0.29) is 0 Å². The predicted octanol–water partition coefficient (Wildman–Crippen LogP) is -2.17. The van der Waals surface area contributed by atoms with Crippen molar-refractivity contribution in [1.82, 2.24) is 21.3 Å². The van der Waals surface area contributed by atoms with Crippen LogP contribution in [-0.4, -0.2) is 30.2 Å². The zero-order chi connectivity index (χ0) is 8.72. The van der Waals surface area contributed by atoms with Crippen LogP contribution in [0.4, 0.5) is 9.59 Å². The summed E-state index contributed by atoms with van der Waals surface area (Å²) in [5, 5.41) is 9.12. The Morgan fingerprint density at radius 3 is 2.33 bits per heavy atom. The first-order valence-corrected chi connectivity index (χ1v) is 3.35. The number of carbonyl (C=O) groups is 3. The quantitative estimate of drug-likeness (QED) is 0.333. The minimum absolute atomic E-state index is 0.456. The molecule has 0 bridgehead atoms. The van der Waals surface area contributed by atoms with Crippen LogP contribution in [0.3, 0.4) is 0 Å². The van der Waals surface area contributed by atoms with Crippen molar-refractivity contribution in [2.24, 2.45) is 0 Å². The molecule has 7 nitrogen and oxygen atoms in total. The van der Waals surface area contributed by atoms with Crippen LogP contribution in [0.1, 0.15) is 0 Å². The van der Waals surface area contributed by atoms with Gasteiger partial charge in [0.2, 0.25) is 0 Å². The number of rotatable bonds is 0. The normalized spacial score (nSPS) is 32.8. The zero-order valence-corrected chi connectivity index (χ0v) is 5.88. The molecule has 4 N–H and O–H groups in total. The van der Waals surface area contributed by atoms with Crippen molar-refractivity contribution in [2.45, 2.75) is 12.2 Å². The van der Waals surface area contributed by atoms with Crippen molar-refractivity contribution in [3.8, 4) is 0 Å². The van der Waals surface area contributed by atoms with E-state index < -0.39 is 30.2 Å². The third-order valence-electron chi connectivity index (χ3n) is 1.71. The lowest BCUT2D eigenvalue weighted by Crippen LogP contribution is -2.64. The average Bonchev–Trinajstić information content (AvgIpc) is 2.29. The molecule has 2 rings (SSSR count). The van der Waals surface area contributed by atoms with E-state index in [9.17, 15) is 14.4 Å². The van der Waals surface area contributed by atoms with Crippen molar-refractivity contribution < 1.29 is 14.4 Å². The molecule has 64 valence electrons. The minimum Gasteiger partial charge on any atom is -0.323 e. The number of urea groups is 2. The SMILES string of the molecule is O=C1NC(=O)C2NC(=O)NC2N1. The van der Waals surface area contributed by atoms with Crippen LogP contribution in [-0.2, 0) is 4.79 Å². The average molecular weight is 170 g/mol. The van der Waals surface area contributed by atoms with Crippen molar-refractivity contribution >= 4 is 18.0 Å². The number of carbonyl (C=O) groups excluding carboxylic acids is 3. The molecule has 7 heteroatoms. The standard InChI is InChI=1S/C5H6N4O3/c10-3-1-2(7-4(11)6-1)8-5(12)9-3/h1-2H,(H2,6,7,11)(H2,8,9,10,12). The lowest BCUT2D eigenvalue weighted by atomic mass is 10.2. The molecule has 0 aromatic heterocycles. The van der Waals surface area contributed by atoms with Gasteiger partial charge >= 0.3 is 12.1 Å². The van der Waals surface area contributed by atoms with E-state index in [1.807, 2.05) is 5.32 Å². The summed E-state index contributed by atoms with van der Waals surface area (Å²) in [4.78, 5) is 32.4. The Labute approximate surface area is 66.9 Å². The second-order valence-corrected chi connectivity index (χ2v) is 2.54. The van der Waals surface area contributed by atoms with Gasteiger partial charge in [-0.15, -0.1) is 0 Å². The summed E-state index contributed by atoms with van der Waals surface area (Å²) in [6.45, 7) is 0. The van der Waals surface area contributed by atoms with E-state index in [2.05, 4.69) is 16.0 Å². The number of nitrogens with one attached hydrogen (secondary N) is 4. The molecular weight excluding hydrogens is 164 g/mol. The molecule has 2 unspecified atom stereocenters. The van der Waals surface area contributed by atoms with E-state index >= 15 is 0 Å². The molecule has 2 saturated heterocycles. The second kappa shape index (κ2) is 2.10. The van der Waals surface area contributed by atoms with Crippen LogP contribution in [0.5, 0.6) is 0 Å². The Kier molecular flexibility index (Phi) is 1.20. The van der Waals surface area contributed by atoms with Crippen molar-refractivity contribution in [1.29, 1.82) is 0 Å². The number of amides is 5. The minimum atomic E-state index is -0.699. The highest BCUT2D eigenvalue weighted by Crippen LogP contribution is 2.02. The number of hydrogen-bond donors (Lipinski definition) is 4. The molecule has 0 aliphatic carbocycles. The van der Waals surface area contributed by atoms with E-state index in [1.54, 1.807) is 0 Å². The van der Waals surface area contributed by atoms with Crippen LogP contribution in [0, 0.1) is 0 Å². The summed E-state index contributed by atoms with van der Waals surface area (Å²) in [6.07, 6.45) is -0.626. The maximum Gasteiger partial charge on any atom is 0.323 e. The Morgan fingerprint density at radius 1 is 0.917 bits per heavy atom. The number of hydrogen-bond acceptors (Lipinski definition) is 3. The van der Waals surface area contributed by atoms with E-state index in [4.69, 9.17) is 0 Å². The summed E-state index contributed by atoms with van der Waals surface area (Å²) in [6, 6.07) is -1.75. The molecule has 2 heterocycles. The molecule has 2 atom stereocenters. The molecule has 0 aromatic carbocycles. The van der Waals surface area contributed by atoms with E-state index in [0.717, 1.165) is 0 Å². The monoisotopic (exact) mass is 170 g/mol. The summed E-state index contributed by atoms with van der Waals surface area (Å²) in [5.41, 5.74) is 0. The summed E-state index contributed by atoms with van der Waals surface area (Å²) in [7, 11) is 0. The first-order chi connectivity index (χ1) is 5.66. The predicted molar refractivity (Wildman–Crippen MR) is 35.9 cm³/mol. The summed E-state index contributed by atoms with van der Waals surface area (Å²) in [5.74, 6) is -0.498. The van der Waals surface area contributed by atoms with Gasteiger partial charge in [-0.05, 0) is 0 Å². The zero-order valence-electron chi connectivity index (χ0n) is 5.88. The van der Waals surface area contributed by atoms with E-state index in [1.165, 1.54) is 0 Å². The molecule has 0 saturated carbocycles. The van der Waals surface area contributed by atoms with Gasteiger partial charge < -0.3 is 16.0 Å². The van der Waals surface area contributed by atoms with Crippen LogP contribution in [0.15, 0.2) is 0 Å². The van der Waals surface area contributed by atoms with Gasteiger partial charge in [0.1, 0.15) is 12.2 Å². The Balaban J connectivity index is 2.20. The van der Waals surface area contributed by atoms with Crippen molar-refractivity contribution in [3.05, 3.63) is 0 Å². The topological polar surface area (TPSA) is 99.3 Å². The van der Waals surface area contributed by atoms with Gasteiger partial charge in [-0.1, -0.05) is 0 Å². The molecule has 0 radical (unpaired) electrons. The lowest BCUT2D eigenvalue weighted by Gasteiger charge is -2.23. The van der Waals surface area contributed by atoms with Gasteiger partial charge in [0.05, 0.1) is 0 Å². The Bertz CT molecular complexity index is 276.